The number of hydrogen-bond acceptors (Lipinski definition) is 3. The van der Waals surface area contributed by atoms with E-state index < -0.39 is 0 Å². The standard InChI is InChI=1S/C17H20N2OS/c1-2-3-7-10-18-16(20)12-15-13-21-17(19-15)11-14-8-5-4-6-9-14/h2-6,8-9,13H,7,10-12H2,1H3,(H,18,20). The number of aromatic nitrogens is 1. The molecule has 0 spiro atoms. The second-order valence-corrected chi connectivity index (χ2v) is 5.72. The Morgan fingerprint density at radius 1 is 1.33 bits per heavy atom. The van der Waals surface area contributed by atoms with E-state index in [0.717, 1.165) is 23.5 Å². The van der Waals surface area contributed by atoms with Gasteiger partial charge in [-0.05, 0) is 18.9 Å². The lowest BCUT2D eigenvalue weighted by atomic mass is 10.2. The van der Waals surface area contributed by atoms with Crippen LogP contribution in [0.25, 0.3) is 0 Å². The number of carbonyl (C=O) groups excluding carboxylic acids is 1. The number of rotatable bonds is 7. The second-order valence-electron chi connectivity index (χ2n) is 4.78. The van der Waals surface area contributed by atoms with Gasteiger partial charge in [-0.3, -0.25) is 4.79 Å². The molecule has 110 valence electrons. The molecule has 2 aromatic rings. The minimum atomic E-state index is 0.0380. The number of thiazole rings is 1. The molecule has 0 radical (unpaired) electrons. The van der Waals surface area contributed by atoms with Crippen molar-refractivity contribution in [3.8, 4) is 0 Å². The summed E-state index contributed by atoms with van der Waals surface area (Å²) >= 11 is 1.62. The highest BCUT2D eigenvalue weighted by Gasteiger charge is 2.07. The first-order valence-electron chi connectivity index (χ1n) is 7.13. The third kappa shape index (κ3) is 5.52. The summed E-state index contributed by atoms with van der Waals surface area (Å²) in [5.41, 5.74) is 2.10. The van der Waals surface area contributed by atoms with E-state index >= 15 is 0 Å². The fraction of sp³-hybridized carbons (Fsp3) is 0.294. The highest BCUT2D eigenvalue weighted by Crippen LogP contribution is 2.15. The van der Waals surface area contributed by atoms with Gasteiger partial charge in [0.15, 0.2) is 0 Å². The molecule has 0 unspecified atom stereocenters. The Morgan fingerprint density at radius 2 is 2.14 bits per heavy atom. The highest BCUT2D eigenvalue weighted by molar-refractivity contribution is 7.09. The first-order chi connectivity index (χ1) is 10.3. The number of allylic oxidation sites excluding steroid dienone is 1. The Balaban J connectivity index is 1.81. The molecule has 1 N–H and O–H groups in total. The predicted molar refractivity (Wildman–Crippen MR) is 87.5 cm³/mol. The molecule has 0 saturated heterocycles. The highest BCUT2D eigenvalue weighted by atomic mass is 32.1. The molecule has 1 heterocycles. The summed E-state index contributed by atoms with van der Waals surface area (Å²) in [7, 11) is 0. The summed E-state index contributed by atoms with van der Waals surface area (Å²) in [6.07, 6.45) is 6.09. The minimum absolute atomic E-state index is 0.0380. The van der Waals surface area contributed by atoms with Crippen molar-refractivity contribution >= 4 is 17.2 Å². The number of nitrogens with zero attached hydrogens (tertiary/aromatic N) is 1. The van der Waals surface area contributed by atoms with Crippen LogP contribution in [-0.2, 0) is 17.6 Å². The summed E-state index contributed by atoms with van der Waals surface area (Å²) in [6, 6.07) is 10.3. The van der Waals surface area contributed by atoms with Gasteiger partial charge in [-0.25, -0.2) is 4.98 Å². The van der Waals surface area contributed by atoms with Crippen molar-refractivity contribution in [1.29, 1.82) is 0 Å². The maximum atomic E-state index is 11.8. The van der Waals surface area contributed by atoms with Gasteiger partial charge in [0.25, 0.3) is 0 Å². The van der Waals surface area contributed by atoms with Crippen LogP contribution in [0.4, 0.5) is 0 Å². The largest absolute Gasteiger partial charge is 0.355 e. The Labute approximate surface area is 129 Å². The van der Waals surface area contributed by atoms with Crippen molar-refractivity contribution < 1.29 is 4.79 Å². The molecule has 3 nitrogen and oxygen atoms in total. The van der Waals surface area contributed by atoms with Crippen molar-refractivity contribution in [2.45, 2.75) is 26.2 Å². The minimum Gasteiger partial charge on any atom is -0.355 e. The summed E-state index contributed by atoms with van der Waals surface area (Å²) in [4.78, 5) is 16.3. The van der Waals surface area contributed by atoms with E-state index in [1.807, 2.05) is 42.7 Å². The molecule has 1 aromatic carbocycles. The zero-order valence-corrected chi connectivity index (χ0v) is 13.0. The number of nitrogens with one attached hydrogen (secondary N) is 1. The first-order valence-corrected chi connectivity index (χ1v) is 8.01. The van der Waals surface area contributed by atoms with E-state index in [0.29, 0.717) is 13.0 Å². The number of hydrogen-bond donors (Lipinski definition) is 1. The molecule has 0 aliphatic carbocycles. The Morgan fingerprint density at radius 3 is 2.90 bits per heavy atom. The maximum absolute atomic E-state index is 11.8. The summed E-state index contributed by atoms with van der Waals surface area (Å²) < 4.78 is 0. The first kappa shape index (κ1) is 15.4. The molecule has 21 heavy (non-hydrogen) atoms. The molecular formula is C17H20N2OS. The van der Waals surface area contributed by atoms with Crippen LogP contribution in [0.15, 0.2) is 47.9 Å². The van der Waals surface area contributed by atoms with Crippen LogP contribution >= 0.6 is 11.3 Å². The molecule has 1 aromatic heterocycles. The monoisotopic (exact) mass is 300 g/mol. The van der Waals surface area contributed by atoms with Crippen LogP contribution in [0.5, 0.6) is 0 Å². The lowest BCUT2D eigenvalue weighted by Gasteiger charge is -2.01. The zero-order valence-electron chi connectivity index (χ0n) is 12.2. The van der Waals surface area contributed by atoms with Crippen molar-refractivity contribution in [2.24, 2.45) is 0 Å². The third-order valence-electron chi connectivity index (χ3n) is 3.01. The van der Waals surface area contributed by atoms with Gasteiger partial charge in [-0.15, -0.1) is 11.3 Å². The van der Waals surface area contributed by atoms with Crippen molar-refractivity contribution in [2.75, 3.05) is 6.54 Å². The Hall–Kier alpha value is -1.94. The van der Waals surface area contributed by atoms with Crippen LogP contribution in [0.1, 0.15) is 29.6 Å². The molecule has 0 atom stereocenters. The van der Waals surface area contributed by atoms with E-state index in [-0.39, 0.29) is 5.91 Å². The zero-order chi connectivity index (χ0) is 14.9. The average Bonchev–Trinajstić information content (AvgIpc) is 2.92. The molecule has 0 aliphatic heterocycles. The molecule has 1 amide bonds. The lowest BCUT2D eigenvalue weighted by molar-refractivity contribution is -0.120. The van der Waals surface area contributed by atoms with Gasteiger partial charge in [0, 0.05) is 18.3 Å². The van der Waals surface area contributed by atoms with E-state index in [9.17, 15) is 4.79 Å². The molecule has 0 aliphatic rings. The molecule has 0 bridgehead atoms. The van der Waals surface area contributed by atoms with Gasteiger partial charge in [-0.2, -0.15) is 0 Å². The van der Waals surface area contributed by atoms with Gasteiger partial charge < -0.3 is 5.32 Å². The van der Waals surface area contributed by atoms with Crippen LogP contribution in [0.3, 0.4) is 0 Å². The topological polar surface area (TPSA) is 42.0 Å². The Kier molecular flexibility index (Phi) is 6.16. The summed E-state index contributed by atoms with van der Waals surface area (Å²) in [5.74, 6) is 0.0380. The quantitative estimate of drug-likeness (QED) is 0.629. The maximum Gasteiger partial charge on any atom is 0.226 e. The fourth-order valence-corrected chi connectivity index (χ4v) is 2.80. The average molecular weight is 300 g/mol. The SMILES string of the molecule is CC=CCCNC(=O)Cc1csc(Cc2ccccc2)n1. The van der Waals surface area contributed by atoms with E-state index in [1.165, 1.54) is 5.56 Å². The van der Waals surface area contributed by atoms with Gasteiger partial charge in [0.1, 0.15) is 0 Å². The van der Waals surface area contributed by atoms with E-state index in [1.54, 1.807) is 11.3 Å². The predicted octanol–water partition coefficient (Wildman–Crippen LogP) is 3.36. The number of benzene rings is 1. The van der Waals surface area contributed by atoms with Gasteiger partial charge >= 0.3 is 0 Å². The van der Waals surface area contributed by atoms with Crippen molar-refractivity contribution in [3.05, 3.63) is 64.1 Å². The normalized spacial score (nSPS) is 10.9. The lowest BCUT2D eigenvalue weighted by Crippen LogP contribution is -2.25. The summed E-state index contributed by atoms with van der Waals surface area (Å²) in [6.45, 7) is 2.66. The Bertz CT molecular complexity index is 590. The molecule has 4 heteroatoms. The number of amides is 1. The fourth-order valence-electron chi connectivity index (χ4n) is 1.97. The van der Waals surface area contributed by atoms with Gasteiger partial charge in [0.2, 0.25) is 5.91 Å². The molecule has 2 rings (SSSR count). The van der Waals surface area contributed by atoms with Crippen molar-refractivity contribution in [1.82, 2.24) is 10.3 Å². The molecular weight excluding hydrogens is 280 g/mol. The van der Waals surface area contributed by atoms with Crippen LogP contribution < -0.4 is 5.32 Å². The van der Waals surface area contributed by atoms with E-state index in [4.69, 9.17) is 0 Å². The van der Waals surface area contributed by atoms with Crippen LogP contribution in [0.2, 0.25) is 0 Å². The van der Waals surface area contributed by atoms with Gasteiger partial charge in [0.05, 0.1) is 17.1 Å². The third-order valence-corrected chi connectivity index (χ3v) is 3.91. The van der Waals surface area contributed by atoms with Crippen LogP contribution in [-0.4, -0.2) is 17.4 Å². The van der Waals surface area contributed by atoms with E-state index in [2.05, 4.69) is 22.4 Å². The number of carbonyl (C=O) groups is 1. The van der Waals surface area contributed by atoms with Gasteiger partial charge in [-0.1, -0.05) is 42.5 Å². The van der Waals surface area contributed by atoms with Crippen LogP contribution in [0, 0.1) is 0 Å². The smallest absolute Gasteiger partial charge is 0.226 e. The van der Waals surface area contributed by atoms with Crippen molar-refractivity contribution in [3.63, 3.8) is 0 Å². The summed E-state index contributed by atoms with van der Waals surface area (Å²) in [5, 5.41) is 5.93. The molecule has 0 fully saturated rings. The second kappa shape index (κ2) is 8.37. The molecule has 0 saturated carbocycles.